The standard InChI is InChI=1S/C17H20N2O7/c1-6-26-17(7-8-25-16(17)19-22)13-11(14(20)23-4)9(2)18-10(3)12(13)15(21)24-5/h7-8,22H,6H2,1-5H3/b19-16+. The summed E-state index contributed by atoms with van der Waals surface area (Å²) in [5, 5.41) is 12.5. The lowest BCUT2D eigenvalue weighted by Gasteiger charge is -2.30. The Labute approximate surface area is 150 Å². The van der Waals surface area contributed by atoms with Crippen LogP contribution in [0.2, 0.25) is 0 Å². The van der Waals surface area contributed by atoms with Crippen LogP contribution >= 0.6 is 0 Å². The third-order valence-electron chi connectivity index (χ3n) is 3.97. The summed E-state index contributed by atoms with van der Waals surface area (Å²) in [6.45, 7) is 5.06. The molecule has 26 heavy (non-hydrogen) atoms. The van der Waals surface area contributed by atoms with E-state index in [1.807, 2.05) is 0 Å². The third kappa shape index (κ3) is 2.90. The quantitative estimate of drug-likeness (QED) is 0.478. The molecule has 1 aromatic rings. The molecule has 2 heterocycles. The maximum absolute atomic E-state index is 12.5. The summed E-state index contributed by atoms with van der Waals surface area (Å²) < 4.78 is 20.8. The molecule has 1 aromatic heterocycles. The van der Waals surface area contributed by atoms with E-state index >= 15 is 0 Å². The van der Waals surface area contributed by atoms with Crippen molar-refractivity contribution in [2.45, 2.75) is 26.4 Å². The van der Waals surface area contributed by atoms with Crippen molar-refractivity contribution in [1.29, 1.82) is 0 Å². The highest BCUT2D eigenvalue weighted by atomic mass is 16.6. The van der Waals surface area contributed by atoms with E-state index in [1.165, 1.54) is 26.6 Å². The topological polar surface area (TPSA) is 117 Å². The average Bonchev–Trinajstić information content (AvgIpc) is 3.03. The molecule has 9 heteroatoms. The molecule has 1 aliphatic rings. The Bertz CT molecular complexity index is 761. The van der Waals surface area contributed by atoms with Gasteiger partial charge in [0.2, 0.25) is 0 Å². The van der Waals surface area contributed by atoms with Crippen LogP contribution in [-0.4, -0.2) is 48.9 Å². The molecule has 1 aliphatic heterocycles. The second kappa shape index (κ2) is 7.52. The largest absolute Gasteiger partial charge is 0.465 e. The number of esters is 2. The fourth-order valence-corrected chi connectivity index (χ4v) is 2.98. The van der Waals surface area contributed by atoms with Crippen LogP contribution < -0.4 is 0 Å². The second-order valence-corrected chi connectivity index (χ2v) is 5.39. The summed E-state index contributed by atoms with van der Waals surface area (Å²) in [6.07, 6.45) is 2.69. The number of hydrogen-bond acceptors (Lipinski definition) is 9. The van der Waals surface area contributed by atoms with Crippen molar-refractivity contribution in [1.82, 2.24) is 4.98 Å². The first-order chi connectivity index (χ1) is 12.4. The van der Waals surface area contributed by atoms with Gasteiger partial charge in [-0.15, -0.1) is 0 Å². The molecule has 0 aliphatic carbocycles. The molecule has 0 aromatic carbocycles. The Hall–Kier alpha value is -2.94. The molecule has 0 saturated carbocycles. The SMILES string of the molecule is CCOC1(c2c(C(=O)OC)c(C)nc(C)c2C(=O)OC)C=CO/C1=N/O. The molecule has 0 amide bonds. The van der Waals surface area contributed by atoms with Gasteiger partial charge < -0.3 is 24.2 Å². The maximum Gasteiger partial charge on any atom is 0.340 e. The molecule has 1 unspecified atom stereocenters. The Morgan fingerprint density at radius 2 is 1.73 bits per heavy atom. The first-order valence-electron chi connectivity index (χ1n) is 7.77. The predicted octanol–water partition coefficient (Wildman–Crippen LogP) is 1.84. The van der Waals surface area contributed by atoms with Crippen LogP contribution in [-0.2, 0) is 24.5 Å². The van der Waals surface area contributed by atoms with Gasteiger partial charge in [0.25, 0.3) is 5.90 Å². The minimum Gasteiger partial charge on any atom is -0.465 e. The normalized spacial score (nSPS) is 20.1. The van der Waals surface area contributed by atoms with Crippen LogP contribution in [0.15, 0.2) is 17.5 Å². The van der Waals surface area contributed by atoms with Crippen LogP contribution in [0.5, 0.6) is 0 Å². The van der Waals surface area contributed by atoms with Crippen molar-refractivity contribution in [2.75, 3.05) is 20.8 Å². The van der Waals surface area contributed by atoms with E-state index in [4.69, 9.17) is 18.9 Å². The Morgan fingerprint density at radius 1 is 1.19 bits per heavy atom. The molecule has 1 atom stereocenters. The highest BCUT2D eigenvalue weighted by molar-refractivity contribution is 6.04. The zero-order valence-electron chi connectivity index (χ0n) is 15.2. The van der Waals surface area contributed by atoms with E-state index in [1.54, 1.807) is 20.8 Å². The fraction of sp³-hybridized carbons (Fsp3) is 0.412. The van der Waals surface area contributed by atoms with Gasteiger partial charge in [-0.05, 0) is 26.8 Å². The molecular formula is C17H20N2O7. The van der Waals surface area contributed by atoms with Crippen molar-refractivity contribution in [3.05, 3.63) is 40.4 Å². The number of carbonyl (C=O) groups is 2. The lowest BCUT2D eigenvalue weighted by molar-refractivity contribution is 0.0350. The minimum absolute atomic E-state index is 0.00301. The number of rotatable bonds is 5. The van der Waals surface area contributed by atoms with Crippen LogP contribution in [0.3, 0.4) is 0 Å². The van der Waals surface area contributed by atoms with Gasteiger partial charge in [-0.25, -0.2) is 9.59 Å². The van der Waals surface area contributed by atoms with E-state index in [0.29, 0.717) is 11.4 Å². The monoisotopic (exact) mass is 364 g/mol. The molecule has 9 nitrogen and oxygen atoms in total. The van der Waals surface area contributed by atoms with Crippen molar-refractivity contribution < 1.29 is 33.7 Å². The second-order valence-electron chi connectivity index (χ2n) is 5.39. The smallest absolute Gasteiger partial charge is 0.340 e. The summed E-state index contributed by atoms with van der Waals surface area (Å²) in [5.74, 6) is -1.71. The van der Waals surface area contributed by atoms with Gasteiger partial charge in [-0.2, -0.15) is 0 Å². The molecule has 0 bridgehead atoms. The predicted molar refractivity (Wildman–Crippen MR) is 89.1 cm³/mol. The molecular weight excluding hydrogens is 344 g/mol. The summed E-state index contributed by atoms with van der Waals surface area (Å²) in [6, 6.07) is 0. The Morgan fingerprint density at radius 3 is 2.15 bits per heavy atom. The van der Waals surface area contributed by atoms with E-state index < -0.39 is 17.5 Å². The molecule has 2 rings (SSSR count). The van der Waals surface area contributed by atoms with Gasteiger partial charge in [-0.1, -0.05) is 5.16 Å². The lowest BCUT2D eigenvalue weighted by atomic mass is 9.84. The van der Waals surface area contributed by atoms with E-state index in [-0.39, 0.29) is 29.2 Å². The zero-order chi connectivity index (χ0) is 19.5. The molecule has 1 N–H and O–H groups in total. The lowest BCUT2D eigenvalue weighted by Crippen LogP contribution is -2.39. The summed E-state index contributed by atoms with van der Waals surface area (Å²) in [5.41, 5.74) is -0.895. The Kier molecular flexibility index (Phi) is 5.61. The number of methoxy groups -OCH3 is 2. The van der Waals surface area contributed by atoms with Crippen molar-refractivity contribution >= 4 is 17.8 Å². The van der Waals surface area contributed by atoms with Gasteiger partial charge >= 0.3 is 11.9 Å². The zero-order valence-corrected chi connectivity index (χ0v) is 15.2. The molecule has 0 saturated heterocycles. The van der Waals surface area contributed by atoms with E-state index in [2.05, 4.69) is 10.1 Å². The van der Waals surface area contributed by atoms with Crippen molar-refractivity contribution in [3.63, 3.8) is 0 Å². The molecule has 140 valence electrons. The third-order valence-corrected chi connectivity index (χ3v) is 3.97. The van der Waals surface area contributed by atoms with Crippen LogP contribution in [0, 0.1) is 13.8 Å². The molecule has 0 spiro atoms. The number of aryl methyl sites for hydroxylation is 2. The van der Waals surface area contributed by atoms with Crippen molar-refractivity contribution in [3.8, 4) is 0 Å². The van der Waals surface area contributed by atoms with E-state index in [0.717, 1.165) is 0 Å². The average molecular weight is 364 g/mol. The van der Waals surface area contributed by atoms with Gasteiger partial charge in [0.15, 0.2) is 5.60 Å². The number of pyridine rings is 1. The van der Waals surface area contributed by atoms with Crippen LogP contribution in [0.1, 0.15) is 44.6 Å². The van der Waals surface area contributed by atoms with Gasteiger partial charge in [0.1, 0.15) is 0 Å². The number of carbonyl (C=O) groups excluding carboxylic acids is 2. The summed E-state index contributed by atoms with van der Waals surface area (Å²) in [7, 11) is 2.41. The highest BCUT2D eigenvalue weighted by Gasteiger charge is 2.49. The Balaban J connectivity index is 3.02. The van der Waals surface area contributed by atoms with Crippen LogP contribution in [0.25, 0.3) is 0 Å². The first kappa shape index (κ1) is 19.4. The number of aromatic nitrogens is 1. The van der Waals surface area contributed by atoms with Gasteiger partial charge in [0.05, 0.1) is 43.0 Å². The molecule has 0 radical (unpaired) electrons. The van der Waals surface area contributed by atoms with Crippen molar-refractivity contribution in [2.24, 2.45) is 5.16 Å². The molecule has 0 fully saturated rings. The number of ether oxygens (including phenoxy) is 4. The number of hydrogen-bond donors (Lipinski definition) is 1. The minimum atomic E-state index is -1.62. The summed E-state index contributed by atoms with van der Waals surface area (Å²) >= 11 is 0. The highest BCUT2D eigenvalue weighted by Crippen LogP contribution is 2.40. The van der Waals surface area contributed by atoms with Gasteiger partial charge in [0, 0.05) is 12.2 Å². The number of oxime groups is 1. The maximum atomic E-state index is 12.5. The van der Waals surface area contributed by atoms with Crippen LogP contribution in [0.4, 0.5) is 0 Å². The fourth-order valence-electron chi connectivity index (χ4n) is 2.98. The summed E-state index contributed by atoms with van der Waals surface area (Å²) in [4.78, 5) is 29.2. The first-order valence-corrected chi connectivity index (χ1v) is 7.77. The number of nitrogens with zero attached hydrogens (tertiary/aromatic N) is 2. The van der Waals surface area contributed by atoms with Gasteiger partial charge in [-0.3, -0.25) is 4.98 Å². The van der Waals surface area contributed by atoms with E-state index in [9.17, 15) is 14.8 Å².